The zero-order valence-electron chi connectivity index (χ0n) is 9.78. The van der Waals surface area contributed by atoms with Crippen LogP contribution < -0.4 is 5.32 Å². The van der Waals surface area contributed by atoms with Crippen molar-refractivity contribution in [2.45, 2.75) is 25.4 Å². The third-order valence-corrected chi connectivity index (χ3v) is 3.34. The van der Waals surface area contributed by atoms with E-state index < -0.39 is 0 Å². The summed E-state index contributed by atoms with van der Waals surface area (Å²) in [6, 6.07) is 0. The van der Waals surface area contributed by atoms with Gasteiger partial charge in [-0.15, -0.1) is 12.4 Å². The number of rotatable bonds is 3. The van der Waals surface area contributed by atoms with Crippen LogP contribution in [0.2, 0.25) is 0 Å². The number of amides is 1. The first-order valence-corrected chi connectivity index (χ1v) is 5.84. The highest BCUT2D eigenvalue weighted by molar-refractivity contribution is 5.85. The van der Waals surface area contributed by atoms with E-state index in [0.29, 0.717) is 13.2 Å². The standard InChI is InChI=1S/C11H20N2O2.ClH/c1-13(8-9-3-2-4-9)11(14)10-7-12-5-6-15-10;/h9-10,12H,2-8H2,1H3;1H. The molecule has 1 amide bonds. The van der Waals surface area contributed by atoms with E-state index in [1.165, 1.54) is 19.3 Å². The fraction of sp³-hybridized carbons (Fsp3) is 0.909. The van der Waals surface area contributed by atoms with Crippen LogP contribution in [0.15, 0.2) is 0 Å². The maximum Gasteiger partial charge on any atom is 0.252 e. The lowest BCUT2D eigenvalue weighted by Crippen LogP contribution is -2.49. The molecule has 0 bridgehead atoms. The molecule has 2 rings (SSSR count). The van der Waals surface area contributed by atoms with Crippen LogP contribution in [-0.4, -0.2) is 50.2 Å². The summed E-state index contributed by atoms with van der Waals surface area (Å²) in [5.74, 6) is 0.865. The average Bonchev–Trinajstić information content (AvgIpc) is 2.23. The Labute approximate surface area is 103 Å². The molecule has 0 aromatic carbocycles. The molecule has 0 aromatic heterocycles. The minimum absolute atomic E-state index is 0. The van der Waals surface area contributed by atoms with Gasteiger partial charge >= 0.3 is 0 Å². The molecule has 2 fully saturated rings. The van der Waals surface area contributed by atoms with Crippen molar-refractivity contribution in [2.24, 2.45) is 5.92 Å². The maximum atomic E-state index is 11.9. The van der Waals surface area contributed by atoms with Crippen LogP contribution in [-0.2, 0) is 9.53 Å². The van der Waals surface area contributed by atoms with Gasteiger partial charge in [0.25, 0.3) is 5.91 Å². The van der Waals surface area contributed by atoms with Gasteiger partial charge in [0.15, 0.2) is 0 Å². The summed E-state index contributed by atoms with van der Waals surface area (Å²) in [6.45, 7) is 3.07. The lowest BCUT2D eigenvalue weighted by molar-refractivity contribution is -0.144. The normalized spacial score (nSPS) is 25.4. The lowest BCUT2D eigenvalue weighted by atomic mass is 9.85. The molecule has 16 heavy (non-hydrogen) atoms. The predicted octanol–water partition coefficient (Wildman–Crippen LogP) is 0.655. The first-order chi connectivity index (χ1) is 7.27. The maximum absolute atomic E-state index is 11.9. The van der Waals surface area contributed by atoms with Gasteiger partial charge in [-0.05, 0) is 18.8 Å². The molecular formula is C11H21ClN2O2. The van der Waals surface area contributed by atoms with Gasteiger partial charge in [0.05, 0.1) is 6.61 Å². The molecule has 1 N–H and O–H groups in total. The molecule has 1 saturated carbocycles. The van der Waals surface area contributed by atoms with Gasteiger partial charge in [-0.1, -0.05) is 6.42 Å². The Balaban J connectivity index is 0.00000128. The van der Waals surface area contributed by atoms with Crippen molar-refractivity contribution in [3.05, 3.63) is 0 Å². The van der Waals surface area contributed by atoms with E-state index in [0.717, 1.165) is 19.0 Å². The lowest BCUT2D eigenvalue weighted by Gasteiger charge is -2.33. The van der Waals surface area contributed by atoms with E-state index in [-0.39, 0.29) is 24.4 Å². The van der Waals surface area contributed by atoms with E-state index in [1.807, 2.05) is 11.9 Å². The molecule has 2 aliphatic rings. The van der Waals surface area contributed by atoms with Crippen LogP contribution in [0.25, 0.3) is 0 Å². The van der Waals surface area contributed by atoms with Gasteiger partial charge in [0.2, 0.25) is 0 Å². The Kier molecular flexibility index (Phi) is 5.52. The topological polar surface area (TPSA) is 41.6 Å². The second kappa shape index (κ2) is 6.42. The summed E-state index contributed by atoms with van der Waals surface area (Å²) >= 11 is 0. The van der Waals surface area contributed by atoms with Gasteiger partial charge in [0, 0.05) is 26.7 Å². The third kappa shape index (κ3) is 3.34. The first-order valence-electron chi connectivity index (χ1n) is 5.84. The highest BCUT2D eigenvalue weighted by Gasteiger charge is 2.27. The monoisotopic (exact) mass is 248 g/mol. The summed E-state index contributed by atoms with van der Waals surface area (Å²) < 4.78 is 5.44. The highest BCUT2D eigenvalue weighted by Crippen LogP contribution is 2.26. The number of ether oxygens (including phenoxy) is 1. The van der Waals surface area contributed by atoms with Gasteiger partial charge < -0.3 is 15.0 Å². The van der Waals surface area contributed by atoms with E-state index in [2.05, 4.69) is 5.32 Å². The Morgan fingerprint density at radius 3 is 2.75 bits per heavy atom. The largest absolute Gasteiger partial charge is 0.366 e. The van der Waals surface area contributed by atoms with E-state index in [4.69, 9.17) is 4.74 Å². The number of nitrogens with one attached hydrogen (secondary N) is 1. The number of carbonyl (C=O) groups excluding carboxylic acids is 1. The van der Waals surface area contributed by atoms with Gasteiger partial charge in [-0.3, -0.25) is 4.79 Å². The summed E-state index contributed by atoms with van der Waals surface area (Å²) in [5.41, 5.74) is 0. The number of carbonyl (C=O) groups is 1. The van der Waals surface area contributed by atoms with Crippen molar-refractivity contribution in [3.8, 4) is 0 Å². The Bertz CT molecular complexity index is 228. The number of likely N-dealkylation sites (N-methyl/N-ethyl adjacent to an activating group) is 1. The van der Waals surface area contributed by atoms with Crippen molar-refractivity contribution in [2.75, 3.05) is 33.3 Å². The molecule has 1 atom stereocenters. The van der Waals surface area contributed by atoms with E-state index in [1.54, 1.807) is 0 Å². The van der Waals surface area contributed by atoms with Crippen LogP contribution in [0.1, 0.15) is 19.3 Å². The summed E-state index contributed by atoms with van der Waals surface area (Å²) in [5, 5.41) is 3.18. The minimum Gasteiger partial charge on any atom is -0.366 e. The second-order valence-electron chi connectivity index (χ2n) is 4.58. The van der Waals surface area contributed by atoms with Crippen LogP contribution >= 0.6 is 12.4 Å². The van der Waals surface area contributed by atoms with Crippen molar-refractivity contribution in [3.63, 3.8) is 0 Å². The second-order valence-corrected chi connectivity index (χ2v) is 4.58. The van der Waals surface area contributed by atoms with Crippen molar-refractivity contribution >= 4 is 18.3 Å². The number of hydrogen-bond donors (Lipinski definition) is 1. The van der Waals surface area contributed by atoms with E-state index >= 15 is 0 Å². The zero-order valence-corrected chi connectivity index (χ0v) is 10.6. The molecule has 0 radical (unpaired) electrons. The summed E-state index contributed by atoms with van der Waals surface area (Å²) in [7, 11) is 1.89. The molecule has 1 saturated heterocycles. The molecule has 0 aromatic rings. The molecule has 1 heterocycles. The molecular weight excluding hydrogens is 228 g/mol. The highest BCUT2D eigenvalue weighted by atomic mass is 35.5. The van der Waals surface area contributed by atoms with E-state index in [9.17, 15) is 4.79 Å². The molecule has 1 unspecified atom stereocenters. The van der Waals surface area contributed by atoms with Crippen molar-refractivity contribution < 1.29 is 9.53 Å². The average molecular weight is 249 g/mol. The number of morpholine rings is 1. The fourth-order valence-corrected chi connectivity index (χ4v) is 2.12. The fourth-order valence-electron chi connectivity index (χ4n) is 2.12. The van der Waals surface area contributed by atoms with Gasteiger partial charge in [0.1, 0.15) is 6.10 Å². The minimum atomic E-state index is -0.260. The zero-order chi connectivity index (χ0) is 10.7. The Morgan fingerprint density at radius 1 is 1.50 bits per heavy atom. The molecule has 94 valence electrons. The first kappa shape index (κ1) is 13.7. The smallest absolute Gasteiger partial charge is 0.252 e. The third-order valence-electron chi connectivity index (χ3n) is 3.34. The van der Waals surface area contributed by atoms with Crippen LogP contribution in [0.3, 0.4) is 0 Å². The molecule has 0 spiro atoms. The molecule has 1 aliphatic carbocycles. The number of hydrogen-bond acceptors (Lipinski definition) is 3. The molecule has 1 aliphatic heterocycles. The summed E-state index contributed by atoms with van der Waals surface area (Å²) in [6.07, 6.45) is 3.63. The van der Waals surface area contributed by atoms with Gasteiger partial charge in [-0.25, -0.2) is 0 Å². The number of halogens is 1. The predicted molar refractivity (Wildman–Crippen MR) is 64.8 cm³/mol. The van der Waals surface area contributed by atoms with Gasteiger partial charge in [-0.2, -0.15) is 0 Å². The van der Waals surface area contributed by atoms with Crippen LogP contribution in [0.4, 0.5) is 0 Å². The number of nitrogens with zero attached hydrogens (tertiary/aromatic N) is 1. The Morgan fingerprint density at radius 2 is 2.25 bits per heavy atom. The van der Waals surface area contributed by atoms with Crippen LogP contribution in [0.5, 0.6) is 0 Å². The van der Waals surface area contributed by atoms with Crippen LogP contribution in [0, 0.1) is 5.92 Å². The van der Waals surface area contributed by atoms with Crippen molar-refractivity contribution in [1.82, 2.24) is 10.2 Å². The quantitative estimate of drug-likeness (QED) is 0.798. The SMILES string of the molecule is CN(CC1CCC1)C(=O)C1CNCCO1.Cl. The summed E-state index contributed by atoms with van der Waals surface area (Å²) in [4.78, 5) is 13.8. The van der Waals surface area contributed by atoms with Crippen molar-refractivity contribution in [1.29, 1.82) is 0 Å². The molecule has 5 heteroatoms. The Hall–Kier alpha value is -0.320. The molecule has 4 nitrogen and oxygen atoms in total.